The van der Waals surface area contributed by atoms with Crippen molar-refractivity contribution in [3.05, 3.63) is 188 Å². The quantitative estimate of drug-likeness (QED) is 0.171. The Hall–Kier alpha value is -7.21. The van der Waals surface area contributed by atoms with Gasteiger partial charge in [0.05, 0.1) is 0 Å². The van der Waals surface area contributed by atoms with Crippen LogP contribution in [-0.2, 0) is 0 Å². The largest absolute Gasteiger partial charge is 0.456 e. The Balaban J connectivity index is 1.19. The maximum atomic E-state index is 6.43. The molecular formula is C51H31N3OS. The normalized spacial score (nSPS) is 11.6. The summed E-state index contributed by atoms with van der Waals surface area (Å²) in [5, 5.41) is 4.66. The van der Waals surface area contributed by atoms with Gasteiger partial charge in [0.1, 0.15) is 11.2 Å². The number of fused-ring (bicyclic) bond motifs is 6. The molecule has 0 radical (unpaired) electrons. The highest BCUT2D eigenvalue weighted by atomic mass is 32.1. The Labute approximate surface area is 327 Å². The highest BCUT2D eigenvalue weighted by molar-refractivity contribution is 7.26. The van der Waals surface area contributed by atoms with Crippen LogP contribution in [-0.4, -0.2) is 15.0 Å². The smallest absolute Gasteiger partial charge is 0.165 e. The van der Waals surface area contributed by atoms with Crippen molar-refractivity contribution in [3.63, 3.8) is 0 Å². The predicted octanol–water partition coefficient (Wildman–Crippen LogP) is 14.1. The lowest BCUT2D eigenvalue weighted by atomic mass is 9.85. The fraction of sp³-hybridized carbons (Fsp3) is 0. The molecule has 0 spiro atoms. The van der Waals surface area contributed by atoms with Crippen LogP contribution in [0.2, 0.25) is 0 Å². The van der Waals surface area contributed by atoms with Gasteiger partial charge in [-0.1, -0.05) is 146 Å². The summed E-state index contributed by atoms with van der Waals surface area (Å²) in [5.74, 6) is 1.89. The van der Waals surface area contributed by atoms with Crippen LogP contribution in [0.15, 0.2) is 192 Å². The average Bonchev–Trinajstić information content (AvgIpc) is 3.85. The van der Waals surface area contributed by atoms with Crippen molar-refractivity contribution < 1.29 is 4.42 Å². The second-order valence-electron chi connectivity index (χ2n) is 13.9. The fourth-order valence-electron chi connectivity index (χ4n) is 7.92. The Morgan fingerprint density at radius 1 is 0.339 bits per heavy atom. The molecule has 8 aromatic carbocycles. The Morgan fingerprint density at radius 2 is 0.893 bits per heavy atom. The van der Waals surface area contributed by atoms with Crippen LogP contribution in [0, 0.1) is 0 Å². The summed E-state index contributed by atoms with van der Waals surface area (Å²) in [5.41, 5.74) is 11.1. The zero-order valence-electron chi connectivity index (χ0n) is 30.1. The number of thiophene rings is 1. The van der Waals surface area contributed by atoms with Gasteiger partial charge in [-0.2, -0.15) is 0 Å². The van der Waals surface area contributed by atoms with Gasteiger partial charge in [-0.15, -0.1) is 11.3 Å². The molecule has 4 nitrogen and oxygen atoms in total. The SMILES string of the molecule is c1ccc(-c2nc(-c3cc(-c4ccccc4)c(-c4ccc5c(c4)oc4ccccc45)c(-c4ccccc4)c3)nc(-c3cccc4c3sc3ccccc34)n2)cc1. The van der Waals surface area contributed by atoms with E-state index in [4.69, 9.17) is 19.4 Å². The topological polar surface area (TPSA) is 51.8 Å². The standard InChI is InChI=1S/C51H31N3OS/c1-4-15-32(16-5-1)42-29-36(30-43(33-17-6-2-7-18-33)47(42)35-27-28-38-37-21-10-12-25-44(37)55-45(38)31-35)50-52-49(34-19-8-3-9-20-34)53-51(54-50)41-24-14-23-40-39-22-11-13-26-46(39)56-48(40)41/h1-31H. The van der Waals surface area contributed by atoms with E-state index in [1.54, 1.807) is 11.3 Å². The van der Waals surface area contributed by atoms with E-state index in [0.29, 0.717) is 17.5 Å². The summed E-state index contributed by atoms with van der Waals surface area (Å²) in [4.78, 5) is 15.7. The first-order valence-electron chi connectivity index (χ1n) is 18.7. The van der Waals surface area contributed by atoms with Gasteiger partial charge < -0.3 is 4.42 Å². The maximum absolute atomic E-state index is 6.43. The van der Waals surface area contributed by atoms with Gasteiger partial charge in [-0.3, -0.25) is 0 Å². The fourth-order valence-corrected chi connectivity index (χ4v) is 9.13. The lowest BCUT2D eigenvalue weighted by Gasteiger charge is -2.19. The van der Waals surface area contributed by atoms with Crippen LogP contribution >= 0.6 is 11.3 Å². The van der Waals surface area contributed by atoms with Crippen LogP contribution in [0.4, 0.5) is 0 Å². The molecular weight excluding hydrogens is 703 g/mol. The minimum absolute atomic E-state index is 0.612. The molecule has 11 rings (SSSR count). The number of hydrogen-bond donors (Lipinski definition) is 0. The first kappa shape index (κ1) is 32.2. The maximum Gasteiger partial charge on any atom is 0.165 e. The first-order chi connectivity index (χ1) is 27.7. The van der Waals surface area contributed by atoms with Gasteiger partial charge in [0, 0.05) is 47.6 Å². The molecule has 11 aromatic rings. The van der Waals surface area contributed by atoms with Crippen molar-refractivity contribution in [2.45, 2.75) is 0 Å². The van der Waals surface area contributed by atoms with Gasteiger partial charge in [-0.05, 0) is 75.8 Å². The molecule has 0 aliphatic heterocycles. The predicted molar refractivity (Wildman–Crippen MR) is 233 cm³/mol. The van der Waals surface area contributed by atoms with Crippen LogP contribution < -0.4 is 0 Å². The average molecular weight is 734 g/mol. The molecule has 0 saturated carbocycles. The molecule has 0 atom stereocenters. The first-order valence-corrected chi connectivity index (χ1v) is 19.5. The Morgan fingerprint density at radius 3 is 1.61 bits per heavy atom. The third-order valence-electron chi connectivity index (χ3n) is 10.5. The molecule has 0 aliphatic carbocycles. The third kappa shape index (κ3) is 5.48. The molecule has 0 fully saturated rings. The number of aromatic nitrogens is 3. The van der Waals surface area contributed by atoms with E-state index in [1.165, 1.54) is 15.5 Å². The van der Waals surface area contributed by atoms with Gasteiger partial charge in [0.25, 0.3) is 0 Å². The van der Waals surface area contributed by atoms with E-state index in [-0.39, 0.29) is 0 Å². The van der Waals surface area contributed by atoms with E-state index in [0.717, 1.165) is 76.7 Å². The lowest BCUT2D eigenvalue weighted by Crippen LogP contribution is -2.01. The summed E-state index contributed by atoms with van der Waals surface area (Å²) in [7, 11) is 0. The summed E-state index contributed by atoms with van der Waals surface area (Å²) in [6, 6.07) is 65.7. The van der Waals surface area contributed by atoms with E-state index >= 15 is 0 Å². The molecule has 0 unspecified atom stereocenters. The molecule has 262 valence electrons. The third-order valence-corrected chi connectivity index (χ3v) is 11.8. The molecule has 0 N–H and O–H groups in total. The summed E-state index contributed by atoms with van der Waals surface area (Å²) in [6.45, 7) is 0. The summed E-state index contributed by atoms with van der Waals surface area (Å²) in [6.07, 6.45) is 0. The van der Waals surface area contributed by atoms with Crippen LogP contribution in [0.3, 0.4) is 0 Å². The number of nitrogens with zero attached hydrogens (tertiary/aromatic N) is 3. The molecule has 0 amide bonds. The number of furan rings is 1. The van der Waals surface area contributed by atoms with Crippen molar-refractivity contribution in [1.29, 1.82) is 0 Å². The molecule has 0 bridgehead atoms. The Kier molecular flexibility index (Phi) is 7.64. The molecule has 56 heavy (non-hydrogen) atoms. The highest BCUT2D eigenvalue weighted by Gasteiger charge is 2.22. The number of benzene rings is 8. The minimum atomic E-state index is 0.612. The van der Waals surface area contributed by atoms with Crippen LogP contribution in [0.5, 0.6) is 0 Å². The van der Waals surface area contributed by atoms with Gasteiger partial charge in [-0.25, -0.2) is 15.0 Å². The molecule has 0 saturated heterocycles. The summed E-state index contributed by atoms with van der Waals surface area (Å²) >= 11 is 1.78. The Bertz CT molecular complexity index is 3180. The zero-order valence-corrected chi connectivity index (χ0v) is 30.9. The van der Waals surface area contributed by atoms with Crippen molar-refractivity contribution in [2.24, 2.45) is 0 Å². The van der Waals surface area contributed by atoms with Gasteiger partial charge in [0.2, 0.25) is 0 Å². The number of hydrogen-bond acceptors (Lipinski definition) is 5. The zero-order chi connectivity index (χ0) is 37.0. The second kappa shape index (κ2) is 13.3. The van der Waals surface area contributed by atoms with Crippen molar-refractivity contribution >= 4 is 53.4 Å². The molecule has 5 heteroatoms. The second-order valence-corrected chi connectivity index (χ2v) is 15.0. The molecule has 3 aromatic heterocycles. The lowest BCUT2D eigenvalue weighted by molar-refractivity contribution is 0.669. The molecule has 3 heterocycles. The van der Waals surface area contributed by atoms with E-state index in [1.807, 2.05) is 30.3 Å². The number of rotatable bonds is 6. The van der Waals surface area contributed by atoms with Crippen LogP contribution in [0.1, 0.15) is 0 Å². The van der Waals surface area contributed by atoms with E-state index in [2.05, 4.69) is 158 Å². The minimum Gasteiger partial charge on any atom is -0.456 e. The van der Waals surface area contributed by atoms with Crippen molar-refractivity contribution in [3.8, 4) is 67.5 Å². The van der Waals surface area contributed by atoms with Gasteiger partial charge >= 0.3 is 0 Å². The summed E-state index contributed by atoms with van der Waals surface area (Å²) < 4.78 is 8.84. The monoisotopic (exact) mass is 733 g/mol. The molecule has 0 aliphatic rings. The van der Waals surface area contributed by atoms with Crippen LogP contribution in [0.25, 0.3) is 110 Å². The van der Waals surface area contributed by atoms with Gasteiger partial charge in [0.15, 0.2) is 17.5 Å². The van der Waals surface area contributed by atoms with E-state index in [9.17, 15) is 0 Å². The van der Waals surface area contributed by atoms with Crippen molar-refractivity contribution in [1.82, 2.24) is 15.0 Å². The highest BCUT2D eigenvalue weighted by Crippen LogP contribution is 2.45. The van der Waals surface area contributed by atoms with E-state index < -0.39 is 0 Å². The van der Waals surface area contributed by atoms with Crippen molar-refractivity contribution in [2.75, 3.05) is 0 Å². The number of para-hydroxylation sites is 1.